The Morgan fingerprint density at radius 2 is 1.77 bits per heavy atom. The van der Waals surface area contributed by atoms with Crippen LogP contribution in [0.25, 0.3) is 11.3 Å². The molecule has 3 aromatic rings. The highest BCUT2D eigenvalue weighted by atomic mass is 35.5. The van der Waals surface area contributed by atoms with Crippen molar-refractivity contribution < 1.29 is 4.79 Å². The number of benzene rings is 2. The summed E-state index contributed by atoms with van der Waals surface area (Å²) in [5.74, 6) is 1.20. The van der Waals surface area contributed by atoms with Crippen molar-refractivity contribution >= 4 is 23.3 Å². The number of aromatic nitrogens is 2. The van der Waals surface area contributed by atoms with Gasteiger partial charge in [-0.1, -0.05) is 73.7 Å². The van der Waals surface area contributed by atoms with E-state index in [0.29, 0.717) is 23.2 Å². The SMILES string of the molecule is O=C(Cc1ccc(Cl)cc1)Nc1nc2c(nc1CC1CCCC1)-c1ccccc1CC2. The molecule has 0 aliphatic heterocycles. The van der Waals surface area contributed by atoms with E-state index in [1.54, 1.807) is 0 Å². The van der Waals surface area contributed by atoms with Crippen molar-refractivity contribution in [1.29, 1.82) is 0 Å². The molecule has 0 atom stereocenters. The standard InChI is InChI=1S/C26H26ClN3O/c27-20-12-9-18(10-13-20)16-24(31)30-26-23(15-17-5-1-2-6-17)28-25-21-8-4-3-7-19(21)11-14-22(25)29-26/h3-4,7-10,12-13,17H,1-2,5-6,11,14-16H2,(H,29,30,31). The van der Waals surface area contributed by atoms with Gasteiger partial charge in [-0.25, -0.2) is 9.97 Å². The second kappa shape index (κ2) is 8.80. The first-order valence-corrected chi connectivity index (χ1v) is 11.6. The molecule has 1 amide bonds. The normalized spacial score (nSPS) is 15.4. The molecule has 2 aliphatic rings. The zero-order chi connectivity index (χ0) is 21.2. The third kappa shape index (κ3) is 4.49. The van der Waals surface area contributed by atoms with Crippen LogP contribution < -0.4 is 5.32 Å². The smallest absolute Gasteiger partial charge is 0.229 e. The molecule has 1 N–H and O–H groups in total. The van der Waals surface area contributed by atoms with Gasteiger partial charge in [-0.15, -0.1) is 0 Å². The fraction of sp³-hybridized carbons (Fsp3) is 0.346. The van der Waals surface area contributed by atoms with E-state index in [1.807, 2.05) is 24.3 Å². The number of halogens is 1. The predicted molar refractivity (Wildman–Crippen MR) is 124 cm³/mol. The molecule has 5 heteroatoms. The van der Waals surface area contributed by atoms with Gasteiger partial charge in [0.05, 0.1) is 23.5 Å². The number of carbonyl (C=O) groups excluding carboxylic acids is 1. The molecule has 1 saturated carbocycles. The third-order valence-electron chi connectivity index (χ3n) is 6.44. The molecular weight excluding hydrogens is 406 g/mol. The lowest BCUT2D eigenvalue weighted by Crippen LogP contribution is -2.20. The van der Waals surface area contributed by atoms with Gasteiger partial charge in [-0.2, -0.15) is 0 Å². The number of hydrogen-bond acceptors (Lipinski definition) is 3. The van der Waals surface area contributed by atoms with E-state index >= 15 is 0 Å². The number of carbonyl (C=O) groups is 1. The fourth-order valence-corrected chi connectivity index (χ4v) is 4.94. The Hall–Kier alpha value is -2.72. The summed E-state index contributed by atoms with van der Waals surface area (Å²) in [5.41, 5.74) is 6.34. The Labute approximate surface area is 188 Å². The lowest BCUT2D eigenvalue weighted by atomic mass is 9.91. The number of rotatable bonds is 5. The molecule has 0 bridgehead atoms. The van der Waals surface area contributed by atoms with Crippen LogP contribution in [0.5, 0.6) is 0 Å². The monoisotopic (exact) mass is 431 g/mol. The van der Waals surface area contributed by atoms with E-state index in [-0.39, 0.29) is 5.91 Å². The average Bonchev–Trinajstić information content (AvgIpc) is 3.29. The summed E-state index contributed by atoms with van der Waals surface area (Å²) in [4.78, 5) is 22.8. The van der Waals surface area contributed by atoms with Gasteiger partial charge in [0, 0.05) is 10.6 Å². The average molecular weight is 432 g/mol. The van der Waals surface area contributed by atoms with Crippen LogP contribution >= 0.6 is 11.6 Å². The van der Waals surface area contributed by atoms with Crippen molar-refractivity contribution in [3.63, 3.8) is 0 Å². The fourth-order valence-electron chi connectivity index (χ4n) is 4.81. The Morgan fingerprint density at radius 1 is 1.00 bits per heavy atom. The Bertz CT molecular complexity index is 1100. The van der Waals surface area contributed by atoms with E-state index in [1.165, 1.54) is 36.8 Å². The van der Waals surface area contributed by atoms with E-state index in [2.05, 4.69) is 29.6 Å². The minimum absolute atomic E-state index is 0.0690. The summed E-state index contributed by atoms with van der Waals surface area (Å²) in [6.07, 6.45) is 8.00. The molecule has 1 fully saturated rings. The van der Waals surface area contributed by atoms with Crippen LogP contribution in [-0.4, -0.2) is 15.9 Å². The Kier molecular flexibility index (Phi) is 5.73. The van der Waals surface area contributed by atoms with Crippen LogP contribution in [0, 0.1) is 5.92 Å². The largest absolute Gasteiger partial charge is 0.309 e. The van der Waals surface area contributed by atoms with Gasteiger partial charge in [0.15, 0.2) is 5.82 Å². The molecule has 0 saturated heterocycles. The molecular formula is C26H26ClN3O. The molecule has 0 radical (unpaired) electrons. The number of fused-ring (bicyclic) bond motifs is 3. The highest BCUT2D eigenvalue weighted by molar-refractivity contribution is 6.30. The number of aryl methyl sites for hydroxylation is 2. The van der Waals surface area contributed by atoms with Crippen molar-refractivity contribution in [3.05, 3.63) is 76.1 Å². The zero-order valence-electron chi connectivity index (χ0n) is 17.5. The first-order valence-electron chi connectivity index (χ1n) is 11.2. The minimum atomic E-state index is -0.0690. The van der Waals surface area contributed by atoms with Gasteiger partial charge < -0.3 is 5.32 Å². The van der Waals surface area contributed by atoms with E-state index in [4.69, 9.17) is 21.6 Å². The molecule has 2 aromatic carbocycles. The maximum absolute atomic E-state index is 12.8. The topological polar surface area (TPSA) is 54.9 Å². The first-order chi connectivity index (χ1) is 15.2. The van der Waals surface area contributed by atoms with Crippen molar-refractivity contribution in [2.24, 2.45) is 5.92 Å². The summed E-state index contributed by atoms with van der Waals surface area (Å²) in [5, 5.41) is 3.75. The van der Waals surface area contributed by atoms with Crippen molar-refractivity contribution in [3.8, 4) is 11.3 Å². The molecule has 0 unspecified atom stereocenters. The summed E-state index contributed by atoms with van der Waals surface area (Å²) >= 11 is 5.96. The maximum atomic E-state index is 12.8. The van der Waals surface area contributed by atoms with E-state index in [9.17, 15) is 4.79 Å². The first kappa shape index (κ1) is 20.2. The van der Waals surface area contributed by atoms with Crippen LogP contribution in [0.1, 0.15) is 48.2 Å². The highest BCUT2D eigenvalue weighted by Gasteiger charge is 2.24. The quantitative estimate of drug-likeness (QED) is 0.554. The Balaban J connectivity index is 1.45. The lowest BCUT2D eigenvalue weighted by Gasteiger charge is -2.21. The van der Waals surface area contributed by atoms with Gasteiger partial charge in [-0.3, -0.25) is 4.79 Å². The number of nitrogens with one attached hydrogen (secondary N) is 1. The molecule has 4 nitrogen and oxygen atoms in total. The molecule has 2 aliphatic carbocycles. The minimum Gasteiger partial charge on any atom is -0.309 e. The molecule has 158 valence electrons. The molecule has 1 heterocycles. The lowest BCUT2D eigenvalue weighted by molar-refractivity contribution is -0.115. The summed E-state index contributed by atoms with van der Waals surface area (Å²) in [6, 6.07) is 15.9. The summed E-state index contributed by atoms with van der Waals surface area (Å²) in [7, 11) is 0. The molecule has 5 rings (SSSR count). The van der Waals surface area contributed by atoms with Crippen molar-refractivity contribution in [2.45, 2.75) is 51.4 Å². The van der Waals surface area contributed by atoms with E-state index < -0.39 is 0 Å². The van der Waals surface area contributed by atoms with Gasteiger partial charge in [-0.05, 0) is 48.4 Å². The highest BCUT2D eigenvalue weighted by Crippen LogP contribution is 2.35. The Morgan fingerprint density at radius 3 is 2.58 bits per heavy atom. The van der Waals surface area contributed by atoms with Crippen LogP contribution in [0.3, 0.4) is 0 Å². The van der Waals surface area contributed by atoms with E-state index in [0.717, 1.165) is 41.9 Å². The molecule has 0 spiro atoms. The summed E-state index contributed by atoms with van der Waals surface area (Å²) < 4.78 is 0. The van der Waals surface area contributed by atoms with Gasteiger partial charge in [0.2, 0.25) is 5.91 Å². The predicted octanol–water partition coefficient (Wildman–Crippen LogP) is 5.81. The number of hydrogen-bond donors (Lipinski definition) is 1. The molecule has 1 aromatic heterocycles. The van der Waals surface area contributed by atoms with Gasteiger partial charge >= 0.3 is 0 Å². The number of nitrogens with zero attached hydrogens (tertiary/aromatic N) is 2. The maximum Gasteiger partial charge on any atom is 0.229 e. The van der Waals surface area contributed by atoms with Crippen molar-refractivity contribution in [1.82, 2.24) is 9.97 Å². The summed E-state index contributed by atoms with van der Waals surface area (Å²) in [6.45, 7) is 0. The van der Waals surface area contributed by atoms with Crippen LogP contribution in [-0.2, 0) is 30.5 Å². The van der Waals surface area contributed by atoms with Gasteiger partial charge in [0.25, 0.3) is 0 Å². The number of anilines is 1. The van der Waals surface area contributed by atoms with Crippen LogP contribution in [0.4, 0.5) is 5.82 Å². The third-order valence-corrected chi connectivity index (χ3v) is 6.69. The number of amides is 1. The molecule has 31 heavy (non-hydrogen) atoms. The second-order valence-corrected chi connectivity index (χ2v) is 9.11. The van der Waals surface area contributed by atoms with Crippen LogP contribution in [0.2, 0.25) is 5.02 Å². The second-order valence-electron chi connectivity index (χ2n) is 8.68. The van der Waals surface area contributed by atoms with Crippen molar-refractivity contribution in [2.75, 3.05) is 5.32 Å². The van der Waals surface area contributed by atoms with Crippen LogP contribution in [0.15, 0.2) is 48.5 Å². The zero-order valence-corrected chi connectivity index (χ0v) is 18.3. The van der Waals surface area contributed by atoms with Gasteiger partial charge in [0.1, 0.15) is 0 Å².